The first-order valence-electron chi connectivity index (χ1n) is 13.5. The molecule has 4 heteroatoms. The van der Waals surface area contributed by atoms with Gasteiger partial charge in [-0.3, -0.25) is 0 Å². The first kappa shape index (κ1) is 25.0. The molecular formula is C32H39FN2O. The molecule has 0 radical (unpaired) electrons. The van der Waals surface area contributed by atoms with Gasteiger partial charge in [0.2, 0.25) is 0 Å². The number of benzene rings is 3. The van der Waals surface area contributed by atoms with E-state index in [0.29, 0.717) is 12.0 Å². The summed E-state index contributed by atoms with van der Waals surface area (Å²) in [6.45, 7) is 4.10. The normalized spacial score (nSPS) is 23.4. The Bertz CT molecular complexity index is 1080. The van der Waals surface area contributed by atoms with Crippen LogP contribution < -0.4 is 10.1 Å². The highest BCUT2D eigenvalue weighted by molar-refractivity contribution is 5.33. The standard InChI is InChI=1S/C32H39FN2O/c1-36-31-10-6-5-7-27(31)23-34-24-32(28-8-3-2-4-9-28)19-15-30(16-20-32)35-21-17-26(18-22-35)25-11-13-29(33)14-12-25/h2-14,26,30,34H,15-24H2,1H3. The van der Waals surface area contributed by atoms with E-state index in [2.05, 4.69) is 52.7 Å². The number of nitrogens with one attached hydrogen (secondary N) is 1. The summed E-state index contributed by atoms with van der Waals surface area (Å²) in [4.78, 5) is 2.73. The highest BCUT2D eigenvalue weighted by Gasteiger charge is 2.38. The molecule has 1 N–H and O–H groups in total. The van der Waals surface area contributed by atoms with E-state index in [1.165, 1.54) is 55.2 Å². The molecule has 190 valence electrons. The van der Waals surface area contributed by atoms with E-state index in [0.717, 1.165) is 31.9 Å². The van der Waals surface area contributed by atoms with Crippen molar-refractivity contribution in [2.75, 3.05) is 26.7 Å². The average molecular weight is 487 g/mol. The van der Waals surface area contributed by atoms with Gasteiger partial charge in [-0.2, -0.15) is 0 Å². The van der Waals surface area contributed by atoms with Gasteiger partial charge < -0.3 is 15.0 Å². The van der Waals surface area contributed by atoms with E-state index >= 15 is 0 Å². The van der Waals surface area contributed by atoms with Crippen LogP contribution in [0.1, 0.15) is 61.1 Å². The van der Waals surface area contributed by atoms with Crippen LogP contribution in [-0.2, 0) is 12.0 Å². The van der Waals surface area contributed by atoms with Crippen LogP contribution in [0.3, 0.4) is 0 Å². The van der Waals surface area contributed by atoms with Crippen molar-refractivity contribution in [2.24, 2.45) is 0 Å². The SMILES string of the molecule is COc1ccccc1CNCC1(c2ccccc2)CCC(N2CCC(c3ccc(F)cc3)CC2)CC1. The van der Waals surface area contributed by atoms with Crippen molar-refractivity contribution in [3.8, 4) is 5.75 Å². The number of halogens is 1. The molecule has 3 aromatic carbocycles. The summed E-state index contributed by atoms with van der Waals surface area (Å²) in [5, 5.41) is 3.79. The van der Waals surface area contributed by atoms with Crippen molar-refractivity contribution in [1.82, 2.24) is 10.2 Å². The summed E-state index contributed by atoms with van der Waals surface area (Å²) in [6, 6.07) is 27.2. The largest absolute Gasteiger partial charge is 0.496 e. The molecule has 0 atom stereocenters. The summed E-state index contributed by atoms with van der Waals surface area (Å²) in [5.41, 5.74) is 4.14. The van der Waals surface area contributed by atoms with Crippen molar-refractivity contribution in [2.45, 2.75) is 62.4 Å². The van der Waals surface area contributed by atoms with Crippen LogP contribution in [0.25, 0.3) is 0 Å². The Hall–Kier alpha value is -2.69. The fourth-order valence-electron chi connectivity index (χ4n) is 6.50. The lowest BCUT2D eigenvalue weighted by Gasteiger charge is -2.46. The number of hydrogen-bond donors (Lipinski definition) is 1. The second-order valence-corrected chi connectivity index (χ2v) is 10.7. The number of likely N-dealkylation sites (tertiary alicyclic amines) is 1. The molecule has 1 heterocycles. The number of piperidine rings is 1. The van der Waals surface area contributed by atoms with Crippen molar-refractivity contribution in [3.63, 3.8) is 0 Å². The minimum absolute atomic E-state index is 0.141. The highest BCUT2D eigenvalue weighted by atomic mass is 19.1. The van der Waals surface area contributed by atoms with Crippen LogP contribution in [0.2, 0.25) is 0 Å². The maximum Gasteiger partial charge on any atom is 0.123 e. The summed E-state index contributed by atoms with van der Waals surface area (Å²) in [5.74, 6) is 1.37. The smallest absolute Gasteiger partial charge is 0.123 e. The van der Waals surface area contributed by atoms with Crippen molar-refractivity contribution in [3.05, 3.63) is 101 Å². The zero-order valence-corrected chi connectivity index (χ0v) is 21.5. The van der Waals surface area contributed by atoms with Crippen LogP contribution in [0, 0.1) is 5.82 Å². The second kappa shape index (κ2) is 11.6. The lowest BCUT2D eigenvalue weighted by atomic mass is 9.67. The fourth-order valence-corrected chi connectivity index (χ4v) is 6.50. The van der Waals surface area contributed by atoms with Gasteiger partial charge in [0.25, 0.3) is 0 Å². The maximum atomic E-state index is 13.3. The third-order valence-electron chi connectivity index (χ3n) is 8.66. The molecule has 3 nitrogen and oxygen atoms in total. The molecule has 0 aromatic heterocycles. The number of nitrogens with zero attached hydrogens (tertiary/aromatic N) is 1. The molecule has 2 fully saturated rings. The molecule has 1 saturated heterocycles. The molecular weight excluding hydrogens is 447 g/mol. The average Bonchev–Trinajstić information content (AvgIpc) is 2.95. The molecule has 0 spiro atoms. The number of ether oxygens (including phenoxy) is 1. The van der Waals surface area contributed by atoms with Gasteiger partial charge >= 0.3 is 0 Å². The Labute approximate surface area is 215 Å². The summed E-state index contributed by atoms with van der Waals surface area (Å²) < 4.78 is 18.9. The summed E-state index contributed by atoms with van der Waals surface area (Å²) in [7, 11) is 1.74. The Balaban J connectivity index is 1.20. The van der Waals surface area contributed by atoms with Gasteiger partial charge in [-0.1, -0.05) is 60.7 Å². The van der Waals surface area contributed by atoms with Gasteiger partial charge in [-0.05, 0) is 86.9 Å². The van der Waals surface area contributed by atoms with Crippen molar-refractivity contribution < 1.29 is 9.13 Å². The minimum atomic E-state index is -0.141. The van der Waals surface area contributed by atoms with E-state index in [9.17, 15) is 4.39 Å². The Kier molecular flexibility index (Phi) is 8.03. The van der Waals surface area contributed by atoms with Crippen LogP contribution >= 0.6 is 0 Å². The van der Waals surface area contributed by atoms with Gasteiger partial charge in [0.15, 0.2) is 0 Å². The fraction of sp³-hybridized carbons (Fsp3) is 0.438. The molecule has 1 aliphatic heterocycles. The first-order chi connectivity index (χ1) is 17.7. The quantitative estimate of drug-likeness (QED) is 0.384. The minimum Gasteiger partial charge on any atom is -0.496 e. The van der Waals surface area contributed by atoms with Gasteiger partial charge in [-0.25, -0.2) is 4.39 Å². The number of hydrogen-bond acceptors (Lipinski definition) is 3. The first-order valence-corrected chi connectivity index (χ1v) is 13.5. The zero-order valence-electron chi connectivity index (χ0n) is 21.5. The van der Waals surface area contributed by atoms with Gasteiger partial charge in [0, 0.05) is 30.1 Å². The predicted octanol–water partition coefficient (Wildman–Crippen LogP) is 6.68. The Morgan fingerprint density at radius 3 is 2.22 bits per heavy atom. The van der Waals surface area contributed by atoms with Gasteiger partial charge in [0.05, 0.1) is 7.11 Å². The Morgan fingerprint density at radius 1 is 0.861 bits per heavy atom. The summed E-state index contributed by atoms with van der Waals surface area (Å²) in [6.07, 6.45) is 7.24. The lowest BCUT2D eigenvalue weighted by molar-refractivity contribution is 0.0968. The molecule has 5 rings (SSSR count). The van der Waals surface area contributed by atoms with E-state index in [-0.39, 0.29) is 11.2 Å². The lowest BCUT2D eigenvalue weighted by Crippen LogP contribution is -2.48. The summed E-state index contributed by atoms with van der Waals surface area (Å²) >= 11 is 0. The molecule has 0 unspecified atom stereocenters. The predicted molar refractivity (Wildman–Crippen MR) is 145 cm³/mol. The molecule has 0 amide bonds. The molecule has 0 bridgehead atoms. The number of para-hydroxylation sites is 1. The monoisotopic (exact) mass is 486 g/mol. The van der Waals surface area contributed by atoms with E-state index in [1.807, 2.05) is 24.3 Å². The zero-order chi connectivity index (χ0) is 24.8. The Morgan fingerprint density at radius 2 is 1.53 bits per heavy atom. The third kappa shape index (κ3) is 5.66. The van der Waals surface area contributed by atoms with Crippen LogP contribution in [-0.4, -0.2) is 37.7 Å². The van der Waals surface area contributed by atoms with Crippen molar-refractivity contribution >= 4 is 0 Å². The second-order valence-electron chi connectivity index (χ2n) is 10.7. The van der Waals surface area contributed by atoms with Crippen LogP contribution in [0.5, 0.6) is 5.75 Å². The van der Waals surface area contributed by atoms with Crippen LogP contribution in [0.15, 0.2) is 78.9 Å². The topological polar surface area (TPSA) is 24.5 Å². The molecule has 36 heavy (non-hydrogen) atoms. The van der Waals surface area contributed by atoms with Crippen molar-refractivity contribution in [1.29, 1.82) is 0 Å². The molecule has 1 aliphatic carbocycles. The highest BCUT2D eigenvalue weighted by Crippen LogP contribution is 2.42. The van der Waals surface area contributed by atoms with Gasteiger partial charge in [0.1, 0.15) is 11.6 Å². The number of rotatable bonds is 8. The van der Waals surface area contributed by atoms with Gasteiger partial charge in [-0.15, -0.1) is 0 Å². The third-order valence-corrected chi connectivity index (χ3v) is 8.66. The van der Waals surface area contributed by atoms with E-state index < -0.39 is 0 Å². The number of methoxy groups -OCH3 is 1. The van der Waals surface area contributed by atoms with Crippen LogP contribution in [0.4, 0.5) is 4.39 Å². The van der Waals surface area contributed by atoms with E-state index in [4.69, 9.17) is 4.74 Å². The van der Waals surface area contributed by atoms with E-state index in [1.54, 1.807) is 19.2 Å². The maximum absolute atomic E-state index is 13.3. The molecule has 2 aliphatic rings. The molecule has 1 saturated carbocycles. The molecule has 3 aromatic rings.